The Bertz CT molecular complexity index is 475. The van der Waals surface area contributed by atoms with Gasteiger partial charge in [-0.1, -0.05) is 6.08 Å². The third kappa shape index (κ3) is 2.29. The van der Waals surface area contributed by atoms with Crippen molar-refractivity contribution in [3.05, 3.63) is 38.0 Å². The molecule has 0 saturated carbocycles. The summed E-state index contributed by atoms with van der Waals surface area (Å²) in [5.41, 5.74) is 10.2. The highest BCUT2D eigenvalue weighted by Gasteiger charge is 2.15. The largest absolute Gasteiger partial charge is 0.397 e. The Kier molecular flexibility index (Phi) is 4.13. The molecule has 0 saturated heterocycles. The highest BCUT2D eigenvalue weighted by atomic mass is 127. The molecule has 0 amide bonds. The van der Waals surface area contributed by atoms with Crippen molar-refractivity contribution in [2.75, 3.05) is 5.73 Å². The van der Waals surface area contributed by atoms with Gasteiger partial charge < -0.3 is 5.73 Å². The Hall–Kier alpha value is -0.840. The number of nitrogen functional groups attached to an aromatic ring is 1. The molecule has 0 heterocycles. The third-order valence-electron chi connectivity index (χ3n) is 2.84. The normalized spacial score (nSPS) is 11.7. The minimum Gasteiger partial charge on any atom is -0.397 e. The van der Waals surface area contributed by atoms with Crippen molar-refractivity contribution < 1.29 is 4.79 Å². The molecule has 1 aromatic carbocycles. The molecule has 0 spiro atoms. The van der Waals surface area contributed by atoms with Gasteiger partial charge in [-0.3, -0.25) is 4.79 Å². The Morgan fingerprint density at radius 1 is 1.44 bits per heavy atom. The van der Waals surface area contributed by atoms with Gasteiger partial charge in [-0.05, 0) is 73.1 Å². The summed E-state index contributed by atoms with van der Waals surface area (Å²) in [6, 6.07) is 1.88. The lowest BCUT2D eigenvalue weighted by atomic mass is 9.98. The first-order valence-corrected chi connectivity index (χ1v) is 6.20. The predicted molar refractivity (Wildman–Crippen MR) is 76.8 cm³/mol. The smallest absolute Gasteiger partial charge is 0.190 e. The zero-order valence-corrected chi connectivity index (χ0v) is 12.2. The first-order chi connectivity index (χ1) is 7.40. The van der Waals surface area contributed by atoms with E-state index in [9.17, 15) is 4.79 Å². The van der Waals surface area contributed by atoms with E-state index in [2.05, 4.69) is 22.6 Å². The van der Waals surface area contributed by atoms with Gasteiger partial charge in [0.2, 0.25) is 0 Å². The fourth-order valence-corrected chi connectivity index (χ4v) is 2.14. The number of hydrogen-bond donors (Lipinski definition) is 1. The minimum absolute atomic E-state index is 0.0148. The molecule has 2 N–H and O–H groups in total. The van der Waals surface area contributed by atoms with Gasteiger partial charge in [0, 0.05) is 9.13 Å². The number of rotatable bonds is 2. The van der Waals surface area contributed by atoms with Gasteiger partial charge in [-0.15, -0.1) is 0 Å². The zero-order chi connectivity index (χ0) is 12.5. The first-order valence-electron chi connectivity index (χ1n) is 5.13. The molecular weight excluding hydrogens is 313 g/mol. The zero-order valence-electron chi connectivity index (χ0n) is 10.0. The average Bonchev–Trinajstić information content (AvgIpc) is 2.29. The predicted octanol–water partition coefficient (Wildman–Crippen LogP) is 3.64. The molecule has 0 aliphatic rings. The van der Waals surface area contributed by atoms with E-state index in [0.29, 0.717) is 11.3 Å². The van der Waals surface area contributed by atoms with Crippen molar-refractivity contribution in [1.82, 2.24) is 0 Å². The van der Waals surface area contributed by atoms with Crippen LogP contribution in [0.15, 0.2) is 17.7 Å². The summed E-state index contributed by atoms with van der Waals surface area (Å²) in [6.45, 7) is 7.68. The molecule has 1 aromatic rings. The molecular formula is C13H16INO. The summed E-state index contributed by atoms with van der Waals surface area (Å²) in [5, 5.41) is 0. The topological polar surface area (TPSA) is 43.1 Å². The van der Waals surface area contributed by atoms with E-state index in [0.717, 1.165) is 20.3 Å². The summed E-state index contributed by atoms with van der Waals surface area (Å²) in [6.07, 6.45) is 1.81. The van der Waals surface area contributed by atoms with E-state index < -0.39 is 0 Å². The molecule has 0 fully saturated rings. The SMILES string of the molecule is C/C=C(/C)C(=O)c1cc(C)c(C)c(I)c1N. The molecule has 3 heteroatoms. The molecule has 0 aliphatic carbocycles. The number of benzene rings is 1. The number of anilines is 1. The molecule has 1 rings (SSSR count). The summed E-state index contributed by atoms with van der Waals surface area (Å²) >= 11 is 2.19. The number of aryl methyl sites for hydroxylation is 1. The van der Waals surface area contributed by atoms with Crippen LogP contribution in [0, 0.1) is 17.4 Å². The van der Waals surface area contributed by atoms with Gasteiger partial charge in [0.1, 0.15) is 0 Å². The van der Waals surface area contributed by atoms with Crippen molar-refractivity contribution in [2.45, 2.75) is 27.7 Å². The standard InChI is InChI=1S/C13H16INO/c1-5-7(2)13(16)10-6-8(3)9(4)11(14)12(10)15/h5-6H,15H2,1-4H3/b7-5-. The highest BCUT2D eigenvalue weighted by Crippen LogP contribution is 2.27. The molecule has 0 bridgehead atoms. The van der Waals surface area contributed by atoms with Crippen molar-refractivity contribution in [3.8, 4) is 0 Å². The molecule has 0 aliphatic heterocycles. The van der Waals surface area contributed by atoms with Gasteiger partial charge in [-0.25, -0.2) is 0 Å². The van der Waals surface area contributed by atoms with E-state index in [1.165, 1.54) is 0 Å². The van der Waals surface area contributed by atoms with Gasteiger partial charge in [0.05, 0.1) is 5.69 Å². The number of Topliss-reactive ketones (excluding diaryl/α,β-unsaturated/α-hetero) is 1. The maximum absolute atomic E-state index is 12.1. The van der Waals surface area contributed by atoms with Crippen LogP contribution in [0.4, 0.5) is 5.69 Å². The quantitative estimate of drug-likeness (QED) is 0.390. The van der Waals surface area contributed by atoms with Crippen LogP contribution in [-0.2, 0) is 0 Å². The molecule has 0 unspecified atom stereocenters. The maximum atomic E-state index is 12.1. The van der Waals surface area contributed by atoms with Crippen LogP contribution >= 0.6 is 22.6 Å². The lowest BCUT2D eigenvalue weighted by Gasteiger charge is -2.12. The van der Waals surface area contributed by atoms with Crippen molar-refractivity contribution in [1.29, 1.82) is 0 Å². The summed E-state index contributed by atoms with van der Waals surface area (Å²) in [7, 11) is 0. The highest BCUT2D eigenvalue weighted by molar-refractivity contribution is 14.1. The fourth-order valence-electron chi connectivity index (χ4n) is 1.43. The lowest BCUT2D eigenvalue weighted by Crippen LogP contribution is -2.08. The Labute approximate surface area is 110 Å². The maximum Gasteiger partial charge on any atom is 0.190 e. The van der Waals surface area contributed by atoms with E-state index in [1.54, 1.807) is 0 Å². The molecule has 2 nitrogen and oxygen atoms in total. The van der Waals surface area contributed by atoms with Crippen LogP contribution in [0.5, 0.6) is 0 Å². The summed E-state index contributed by atoms with van der Waals surface area (Å²) < 4.78 is 0.977. The van der Waals surface area contributed by atoms with Gasteiger partial charge >= 0.3 is 0 Å². The molecule has 0 radical (unpaired) electrons. The van der Waals surface area contributed by atoms with E-state index in [1.807, 2.05) is 39.8 Å². The second kappa shape index (κ2) is 4.99. The van der Waals surface area contributed by atoms with Crippen LogP contribution in [0.3, 0.4) is 0 Å². The van der Waals surface area contributed by atoms with E-state index >= 15 is 0 Å². The minimum atomic E-state index is 0.0148. The number of nitrogens with two attached hydrogens (primary N) is 1. The monoisotopic (exact) mass is 329 g/mol. The van der Waals surface area contributed by atoms with E-state index in [4.69, 9.17) is 5.73 Å². The fraction of sp³-hybridized carbons (Fsp3) is 0.308. The third-order valence-corrected chi connectivity index (χ3v) is 4.23. The summed E-state index contributed by atoms with van der Waals surface area (Å²) in [5.74, 6) is 0.0148. The molecule has 16 heavy (non-hydrogen) atoms. The van der Waals surface area contributed by atoms with Crippen molar-refractivity contribution in [2.24, 2.45) is 0 Å². The number of ketones is 1. The number of hydrogen-bond acceptors (Lipinski definition) is 2. The van der Waals surface area contributed by atoms with Crippen molar-refractivity contribution in [3.63, 3.8) is 0 Å². The average molecular weight is 329 g/mol. The number of allylic oxidation sites excluding steroid dienone is 2. The Balaban J connectivity index is 3.42. The van der Waals surface area contributed by atoms with Crippen LogP contribution in [-0.4, -0.2) is 5.78 Å². The Morgan fingerprint density at radius 2 is 2.00 bits per heavy atom. The van der Waals surface area contributed by atoms with Crippen LogP contribution in [0.1, 0.15) is 35.3 Å². The second-order valence-electron chi connectivity index (χ2n) is 3.89. The lowest BCUT2D eigenvalue weighted by molar-refractivity contribution is 0.103. The number of halogens is 1. The molecule has 0 aromatic heterocycles. The molecule has 0 atom stereocenters. The first kappa shape index (κ1) is 13.2. The van der Waals surface area contributed by atoms with Gasteiger partial charge in [-0.2, -0.15) is 0 Å². The van der Waals surface area contributed by atoms with Gasteiger partial charge in [0.15, 0.2) is 5.78 Å². The van der Waals surface area contributed by atoms with Gasteiger partial charge in [0.25, 0.3) is 0 Å². The summed E-state index contributed by atoms with van der Waals surface area (Å²) in [4.78, 5) is 12.1. The Morgan fingerprint density at radius 3 is 2.50 bits per heavy atom. The number of carbonyl (C=O) groups excluding carboxylic acids is 1. The van der Waals surface area contributed by atoms with Crippen LogP contribution < -0.4 is 5.73 Å². The van der Waals surface area contributed by atoms with Crippen molar-refractivity contribution >= 4 is 34.1 Å². The molecule has 86 valence electrons. The second-order valence-corrected chi connectivity index (χ2v) is 4.97. The number of carbonyl (C=O) groups is 1. The van der Waals surface area contributed by atoms with Crippen LogP contribution in [0.25, 0.3) is 0 Å². The van der Waals surface area contributed by atoms with Crippen LogP contribution in [0.2, 0.25) is 0 Å². The van der Waals surface area contributed by atoms with E-state index in [-0.39, 0.29) is 5.78 Å².